The van der Waals surface area contributed by atoms with Crippen molar-refractivity contribution in [3.8, 4) is 0 Å². The van der Waals surface area contributed by atoms with Gasteiger partial charge >= 0.3 is 0 Å². The number of aromatic nitrogens is 3. The van der Waals surface area contributed by atoms with E-state index in [0.717, 1.165) is 17.9 Å². The second-order valence-electron chi connectivity index (χ2n) is 5.98. The Bertz CT molecular complexity index is 639. The van der Waals surface area contributed by atoms with Gasteiger partial charge in [0.25, 0.3) is 0 Å². The Balaban J connectivity index is 1.71. The molecule has 116 valence electrons. The van der Waals surface area contributed by atoms with E-state index >= 15 is 0 Å². The molecule has 2 aromatic rings. The molecule has 1 aliphatic heterocycles. The lowest BCUT2D eigenvalue weighted by atomic mass is 9.97. The highest BCUT2D eigenvalue weighted by atomic mass is 16.5. The average molecular weight is 300 g/mol. The van der Waals surface area contributed by atoms with Crippen LogP contribution in [0.25, 0.3) is 0 Å². The summed E-state index contributed by atoms with van der Waals surface area (Å²) in [6.45, 7) is 5.20. The Morgan fingerprint density at radius 1 is 1.41 bits per heavy atom. The van der Waals surface area contributed by atoms with E-state index in [0.29, 0.717) is 25.4 Å². The van der Waals surface area contributed by atoms with Crippen molar-refractivity contribution in [1.82, 2.24) is 20.0 Å². The molecule has 1 saturated heterocycles. The molecule has 22 heavy (non-hydrogen) atoms. The number of nitrogens with zero attached hydrogens (tertiary/aromatic N) is 4. The predicted octanol–water partition coefficient (Wildman–Crippen LogP) is 2.49. The number of carbonyl (C=O) groups excluding carboxylic acids is 1. The van der Waals surface area contributed by atoms with Gasteiger partial charge in [-0.05, 0) is 18.6 Å². The standard InChI is InChI=1S/C16H20N4O2/c1-11(2)15-18-16(22-19-15)12-6-7-14(21)20(9-12)10-13-5-3-4-8-17-13/h3-5,8,11-12H,6-7,9-10H2,1-2H3/t12-/m1/s1. The van der Waals surface area contributed by atoms with Crippen molar-refractivity contribution in [2.24, 2.45) is 0 Å². The fourth-order valence-electron chi connectivity index (χ4n) is 2.60. The van der Waals surface area contributed by atoms with Crippen LogP contribution in [0.15, 0.2) is 28.9 Å². The maximum Gasteiger partial charge on any atom is 0.231 e. The van der Waals surface area contributed by atoms with E-state index in [2.05, 4.69) is 15.1 Å². The quantitative estimate of drug-likeness (QED) is 0.867. The normalized spacial score (nSPS) is 19.0. The Hall–Kier alpha value is -2.24. The number of hydrogen-bond donors (Lipinski definition) is 0. The maximum absolute atomic E-state index is 12.1. The molecule has 0 aromatic carbocycles. The third-order valence-corrected chi connectivity index (χ3v) is 3.90. The van der Waals surface area contributed by atoms with Gasteiger partial charge < -0.3 is 9.42 Å². The molecule has 3 rings (SSSR count). The van der Waals surface area contributed by atoms with E-state index < -0.39 is 0 Å². The highest BCUT2D eigenvalue weighted by Crippen LogP contribution is 2.28. The highest BCUT2D eigenvalue weighted by molar-refractivity contribution is 5.77. The van der Waals surface area contributed by atoms with Crippen molar-refractivity contribution in [3.05, 3.63) is 41.8 Å². The minimum atomic E-state index is 0.112. The lowest BCUT2D eigenvalue weighted by molar-refractivity contribution is -0.134. The third kappa shape index (κ3) is 3.16. The zero-order chi connectivity index (χ0) is 15.5. The summed E-state index contributed by atoms with van der Waals surface area (Å²) < 4.78 is 5.38. The summed E-state index contributed by atoms with van der Waals surface area (Å²) in [5, 5.41) is 4.02. The number of piperidine rings is 1. The lowest BCUT2D eigenvalue weighted by Gasteiger charge is -2.30. The largest absolute Gasteiger partial charge is 0.339 e. The molecule has 0 radical (unpaired) electrons. The zero-order valence-corrected chi connectivity index (χ0v) is 12.9. The second kappa shape index (κ2) is 6.25. The van der Waals surface area contributed by atoms with Gasteiger partial charge in [-0.2, -0.15) is 4.98 Å². The van der Waals surface area contributed by atoms with Gasteiger partial charge in [-0.3, -0.25) is 9.78 Å². The molecule has 1 aliphatic rings. The van der Waals surface area contributed by atoms with Gasteiger partial charge in [0.15, 0.2) is 5.82 Å². The summed E-state index contributed by atoms with van der Waals surface area (Å²) in [6, 6.07) is 5.73. The first-order valence-corrected chi connectivity index (χ1v) is 7.64. The third-order valence-electron chi connectivity index (χ3n) is 3.90. The van der Waals surface area contributed by atoms with Crippen LogP contribution >= 0.6 is 0 Å². The van der Waals surface area contributed by atoms with Crippen LogP contribution in [0, 0.1) is 0 Å². The number of rotatable bonds is 4. The van der Waals surface area contributed by atoms with Crippen LogP contribution < -0.4 is 0 Å². The summed E-state index contributed by atoms with van der Waals surface area (Å²) >= 11 is 0. The van der Waals surface area contributed by atoms with Crippen LogP contribution in [-0.4, -0.2) is 32.5 Å². The summed E-state index contributed by atoms with van der Waals surface area (Å²) in [5.41, 5.74) is 0.893. The van der Waals surface area contributed by atoms with Crippen LogP contribution in [0.3, 0.4) is 0 Å². The van der Waals surface area contributed by atoms with Gasteiger partial charge in [0.05, 0.1) is 18.2 Å². The van der Waals surface area contributed by atoms with Gasteiger partial charge in [0, 0.05) is 25.1 Å². The van der Waals surface area contributed by atoms with Crippen molar-refractivity contribution in [1.29, 1.82) is 0 Å². The fraction of sp³-hybridized carbons (Fsp3) is 0.500. The molecule has 0 aliphatic carbocycles. The van der Waals surface area contributed by atoms with Gasteiger partial charge in [-0.15, -0.1) is 0 Å². The summed E-state index contributed by atoms with van der Waals surface area (Å²) in [7, 11) is 0. The van der Waals surface area contributed by atoms with E-state index in [1.807, 2.05) is 36.9 Å². The predicted molar refractivity (Wildman–Crippen MR) is 80.0 cm³/mol. The number of carbonyl (C=O) groups is 1. The first-order chi connectivity index (χ1) is 10.6. The number of hydrogen-bond acceptors (Lipinski definition) is 5. The molecule has 0 spiro atoms. The van der Waals surface area contributed by atoms with E-state index in [1.165, 1.54) is 0 Å². The summed E-state index contributed by atoms with van der Waals surface area (Å²) in [6.07, 6.45) is 3.02. The molecule has 0 bridgehead atoms. The molecular formula is C16H20N4O2. The Morgan fingerprint density at radius 3 is 2.95 bits per heavy atom. The molecule has 1 atom stereocenters. The zero-order valence-electron chi connectivity index (χ0n) is 12.9. The van der Waals surface area contributed by atoms with Crippen molar-refractivity contribution < 1.29 is 9.32 Å². The topological polar surface area (TPSA) is 72.1 Å². The van der Waals surface area contributed by atoms with E-state index in [9.17, 15) is 4.79 Å². The summed E-state index contributed by atoms with van der Waals surface area (Å²) in [5.74, 6) is 1.88. The first-order valence-electron chi connectivity index (χ1n) is 7.64. The minimum absolute atomic E-state index is 0.112. The van der Waals surface area contributed by atoms with Gasteiger partial charge in [0.1, 0.15) is 0 Å². The van der Waals surface area contributed by atoms with Crippen LogP contribution in [0.4, 0.5) is 0 Å². The van der Waals surface area contributed by atoms with E-state index in [4.69, 9.17) is 4.52 Å². The first kappa shape index (κ1) is 14.7. The number of amides is 1. The molecule has 1 amide bonds. The molecule has 1 fully saturated rings. The molecule has 6 nitrogen and oxygen atoms in total. The van der Waals surface area contributed by atoms with Gasteiger partial charge in [-0.1, -0.05) is 25.1 Å². The SMILES string of the molecule is CC(C)c1noc([C@@H]2CCC(=O)N(Cc3ccccn3)C2)n1. The molecule has 0 unspecified atom stereocenters. The molecule has 6 heteroatoms. The second-order valence-corrected chi connectivity index (χ2v) is 5.98. The van der Waals surface area contributed by atoms with E-state index in [-0.39, 0.29) is 17.7 Å². The average Bonchev–Trinajstić information content (AvgIpc) is 3.01. The van der Waals surface area contributed by atoms with Gasteiger partial charge in [0.2, 0.25) is 11.8 Å². The van der Waals surface area contributed by atoms with Crippen LogP contribution in [0.5, 0.6) is 0 Å². The van der Waals surface area contributed by atoms with Crippen molar-refractivity contribution in [3.63, 3.8) is 0 Å². The molecule has 2 aromatic heterocycles. The highest BCUT2D eigenvalue weighted by Gasteiger charge is 2.30. The molecular weight excluding hydrogens is 280 g/mol. The minimum Gasteiger partial charge on any atom is -0.339 e. The van der Waals surface area contributed by atoms with Crippen molar-refractivity contribution >= 4 is 5.91 Å². The monoisotopic (exact) mass is 300 g/mol. The summed E-state index contributed by atoms with van der Waals surface area (Å²) in [4.78, 5) is 22.7. The van der Waals surface area contributed by atoms with Crippen LogP contribution in [0.1, 0.15) is 55.9 Å². The molecule has 0 N–H and O–H groups in total. The Labute approximate surface area is 129 Å². The lowest BCUT2D eigenvalue weighted by Crippen LogP contribution is -2.38. The maximum atomic E-state index is 12.1. The van der Waals surface area contributed by atoms with Crippen LogP contribution in [0.2, 0.25) is 0 Å². The van der Waals surface area contributed by atoms with Crippen molar-refractivity contribution in [2.75, 3.05) is 6.54 Å². The van der Waals surface area contributed by atoms with Gasteiger partial charge in [-0.25, -0.2) is 0 Å². The molecule has 0 saturated carbocycles. The number of pyridine rings is 1. The van der Waals surface area contributed by atoms with Crippen LogP contribution in [-0.2, 0) is 11.3 Å². The Kier molecular flexibility index (Phi) is 4.18. The fourth-order valence-corrected chi connectivity index (χ4v) is 2.60. The number of likely N-dealkylation sites (tertiary alicyclic amines) is 1. The smallest absolute Gasteiger partial charge is 0.231 e. The van der Waals surface area contributed by atoms with E-state index in [1.54, 1.807) is 6.20 Å². The van der Waals surface area contributed by atoms with Crippen molar-refractivity contribution in [2.45, 2.75) is 45.1 Å². The Morgan fingerprint density at radius 2 is 2.27 bits per heavy atom. The molecule has 3 heterocycles.